The maximum Gasteiger partial charge on any atom is 0.238 e. The number of thiophene rings is 1. The van der Waals surface area contributed by atoms with Crippen LogP contribution in [0.3, 0.4) is 0 Å². The molecule has 7 aromatic rings. The van der Waals surface area contributed by atoms with E-state index in [0.717, 1.165) is 27.5 Å². The molecule has 182 valence electrons. The summed E-state index contributed by atoms with van der Waals surface area (Å²) in [6.07, 6.45) is 8.74. The Balaban J connectivity index is 1.45. The van der Waals surface area contributed by atoms with Crippen molar-refractivity contribution in [3.63, 3.8) is 0 Å². The van der Waals surface area contributed by atoms with Gasteiger partial charge in [0.05, 0.1) is 11.0 Å². The van der Waals surface area contributed by atoms with Gasteiger partial charge in [-0.2, -0.15) is 9.97 Å². The Bertz CT molecular complexity index is 1910. The zero-order valence-electron chi connectivity index (χ0n) is 20.6. The third kappa shape index (κ3) is 3.37. The third-order valence-corrected chi connectivity index (χ3v) is 8.79. The molecule has 0 unspecified atom stereocenters. The standard InChI is InChI=1S/C32H23N5S/c1-3-9-20(10-4-1)30-34-31(21-11-5-2-6-12-21)36-32(35-30)37-26-15-16-33-19-25(26)23-17-24-22-13-7-8-14-28(22)38-29(24)18-27(23)37/h1-6,9-12,15-19H,7-8,13-14H2. The molecule has 0 atom stereocenters. The first-order valence-electron chi connectivity index (χ1n) is 13.0. The number of rotatable bonds is 3. The van der Waals surface area contributed by atoms with Crippen LogP contribution in [0.25, 0.3) is 60.6 Å². The van der Waals surface area contributed by atoms with Crippen LogP contribution in [0.5, 0.6) is 0 Å². The maximum atomic E-state index is 5.04. The molecule has 0 radical (unpaired) electrons. The molecule has 1 aliphatic rings. The molecule has 0 amide bonds. The molecule has 0 saturated carbocycles. The molecule has 1 aliphatic carbocycles. The minimum atomic E-state index is 0.615. The van der Waals surface area contributed by atoms with E-state index in [9.17, 15) is 0 Å². The fourth-order valence-electron chi connectivity index (χ4n) is 5.73. The van der Waals surface area contributed by atoms with E-state index in [1.165, 1.54) is 41.2 Å². The quantitative estimate of drug-likeness (QED) is 0.244. The van der Waals surface area contributed by atoms with Crippen LogP contribution in [0.1, 0.15) is 23.3 Å². The number of hydrogen-bond acceptors (Lipinski definition) is 5. The summed E-state index contributed by atoms with van der Waals surface area (Å²) in [5.74, 6) is 1.93. The van der Waals surface area contributed by atoms with Crippen molar-refractivity contribution in [2.24, 2.45) is 0 Å². The summed E-state index contributed by atoms with van der Waals surface area (Å²) in [4.78, 5) is 21.0. The van der Waals surface area contributed by atoms with Gasteiger partial charge < -0.3 is 0 Å². The molecule has 38 heavy (non-hydrogen) atoms. The second kappa shape index (κ2) is 8.57. The van der Waals surface area contributed by atoms with Gasteiger partial charge in [0.25, 0.3) is 0 Å². The summed E-state index contributed by atoms with van der Waals surface area (Å²) >= 11 is 1.95. The Morgan fingerprint density at radius 1 is 0.658 bits per heavy atom. The first-order valence-corrected chi connectivity index (χ1v) is 13.8. The first kappa shape index (κ1) is 21.6. The number of benzene rings is 3. The summed E-state index contributed by atoms with van der Waals surface area (Å²) in [5.41, 5.74) is 5.61. The Morgan fingerprint density at radius 2 is 1.37 bits per heavy atom. The van der Waals surface area contributed by atoms with E-state index in [4.69, 9.17) is 15.0 Å². The van der Waals surface area contributed by atoms with E-state index in [-0.39, 0.29) is 0 Å². The van der Waals surface area contributed by atoms with Crippen LogP contribution in [0.2, 0.25) is 0 Å². The Labute approximate surface area is 223 Å². The molecule has 5 nitrogen and oxygen atoms in total. The fourth-order valence-corrected chi connectivity index (χ4v) is 7.04. The second-order valence-corrected chi connectivity index (χ2v) is 11.0. The molecule has 0 spiro atoms. The molecule has 0 N–H and O–H groups in total. The van der Waals surface area contributed by atoms with Gasteiger partial charge in [-0.05, 0) is 54.8 Å². The van der Waals surface area contributed by atoms with Gasteiger partial charge in [-0.15, -0.1) is 11.3 Å². The van der Waals surface area contributed by atoms with E-state index in [1.807, 2.05) is 84.4 Å². The van der Waals surface area contributed by atoms with E-state index in [2.05, 4.69) is 27.8 Å². The van der Waals surface area contributed by atoms with Crippen LogP contribution in [0.4, 0.5) is 0 Å². The van der Waals surface area contributed by atoms with Crippen LogP contribution in [-0.2, 0) is 12.8 Å². The molecule has 4 aromatic heterocycles. The molecule has 6 heteroatoms. The average molecular weight is 510 g/mol. The summed E-state index contributed by atoms with van der Waals surface area (Å²) in [6.45, 7) is 0. The van der Waals surface area contributed by atoms with Crippen molar-refractivity contribution in [2.75, 3.05) is 0 Å². The number of pyridine rings is 1. The monoisotopic (exact) mass is 509 g/mol. The number of fused-ring (bicyclic) bond motifs is 6. The van der Waals surface area contributed by atoms with Gasteiger partial charge >= 0.3 is 0 Å². The van der Waals surface area contributed by atoms with Crippen molar-refractivity contribution >= 4 is 43.2 Å². The van der Waals surface area contributed by atoms with Gasteiger partial charge in [0.15, 0.2) is 11.6 Å². The van der Waals surface area contributed by atoms with Crippen molar-refractivity contribution in [2.45, 2.75) is 25.7 Å². The van der Waals surface area contributed by atoms with Gasteiger partial charge in [-0.3, -0.25) is 9.55 Å². The lowest BCUT2D eigenvalue weighted by molar-refractivity contribution is 0.700. The topological polar surface area (TPSA) is 56.5 Å². The smallest absolute Gasteiger partial charge is 0.238 e. The highest BCUT2D eigenvalue weighted by Crippen LogP contribution is 2.41. The first-order chi connectivity index (χ1) is 18.8. The van der Waals surface area contributed by atoms with Gasteiger partial charge in [-0.25, -0.2) is 4.98 Å². The van der Waals surface area contributed by atoms with Gasteiger partial charge in [0.1, 0.15) is 0 Å². The number of hydrogen-bond donors (Lipinski definition) is 0. The Kier molecular flexibility index (Phi) is 4.88. The number of aryl methyl sites for hydroxylation is 2. The van der Waals surface area contributed by atoms with Crippen LogP contribution in [0, 0.1) is 0 Å². The molecule has 0 bridgehead atoms. The van der Waals surface area contributed by atoms with Gasteiger partial charge in [-0.1, -0.05) is 60.7 Å². The van der Waals surface area contributed by atoms with E-state index in [0.29, 0.717) is 17.6 Å². The SMILES string of the molecule is c1ccc(-c2nc(-c3ccccc3)nc(-n3c4ccncc4c4cc5c6c(sc5cc43)CCCC6)n2)cc1. The van der Waals surface area contributed by atoms with E-state index < -0.39 is 0 Å². The molecular formula is C32H23N5S. The normalized spacial score (nSPS) is 13.4. The van der Waals surface area contributed by atoms with Gasteiger partial charge in [0.2, 0.25) is 5.95 Å². The summed E-state index contributed by atoms with van der Waals surface area (Å²) in [7, 11) is 0. The number of nitrogens with zero attached hydrogens (tertiary/aromatic N) is 5. The molecular weight excluding hydrogens is 486 g/mol. The second-order valence-electron chi connectivity index (χ2n) is 9.82. The summed E-state index contributed by atoms with van der Waals surface area (Å²) in [5, 5.41) is 3.70. The molecule has 3 aromatic carbocycles. The van der Waals surface area contributed by atoms with E-state index in [1.54, 1.807) is 10.4 Å². The molecule has 4 heterocycles. The van der Waals surface area contributed by atoms with Crippen LogP contribution in [-0.4, -0.2) is 24.5 Å². The van der Waals surface area contributed by atoms with E-state index >= 15 is 0 Å². The summed E-state index contributed by atoms with van der Waals surface area (Å²) < 4.78 is 3.52. The highest BCUT2D eigenvalue weighted by Gasteiger charge is 2.21. The molecule has 0 fully saturated rings. The third-order valence-electron chi connectivity index (χ3n) is 7.53. The number of aromatic nitrogens is 5. The zero-order valence-corrected chi connectivity index (χ0v) is 21.4. The van der Waals surface area contributed by atoms with Crippen LogP contribution >= 0.6 is 11.3 Å². The van der Waals surface area contributed by atoms with Crippen molar-refractivity contribution in [3.8, 4) is 28.7 Å². The fraction of sp³-hybridized carbons (Fsp3) is 0.125. The molecule has 8 rings (SSSR count). The Morgan fingerprint density at radius 3 is 2.11 bits per heavy atom. The predicted molar refractivity (Wildman–Crippen MR) is 155 cm³/mol. The highest BCUT2D eigenvalue weighted by atomic mass is 32.1. The molecule has 0 saturated heterocycles. The van der Waals surface area contributed by atoms with Crippen molar-refractivity contribution in [1.82, 2.24) is 24.5 Å². The van der Waals surface area contributed by atoms with Crippen LogP contribution in [0.15, 0.2) is 91.3 Å². The zero-order chi connectivity index (χ0) is 25.1. The van der Waals surface area contributed by atoms with Crippen molar-refractivity contribution in [1.29, 1.82) is 0 Å². The minimum Gasteiger partial charge on any atom is -0.278 e. The lowest BCUT2D eigenvalue weighted by Gasteiger charge is -2.11. The van der Waals surface area contributed by atoms with Gasteiger partial charge in [0, 0.05) is 43.9 Å². The summed E-state index contributed by atoms with van der Waals surface area (Å²) in [6, 6.07) is 27.0. The largest absolute Gasteiger partial charge is 0.278 e. The highest BCUT2D eigenvalue weighted by molar-refractivity contribution is 7.19. The molecule has 0 aliphatic heterocycles. The van der Waals surface area contributed by atoms with Crippen LogP contribution < -0.4 is 0 Å². The predicted octanol–water partition coefficient (Wildman–Crippen LogP) is 7.79. The lowest BCUT2D eigenvalue weighted by Crippen LogP contribution is -2.06. The minimum absolute atomic E-state index is 0.615. The Hall–Kier alpha value is -4.42. The van der Waals surface area contributed by atoms with Crippen molar-refractivity contribution in [3.05, 3.63) is 102 Å². The van der Waals surface area contributed by atoms with Crippen molar-refractivity contribution < 1.29 is 0 Å². The maximum absolute atomic E-state index is 5.04. The lowest BCUT2D eigenvalue weighted by atomic mass is 9.96. The average Bonchev–Trinajstić information content (AvgIpc) is 3.51.